The van der Waals surface area contributed by atoms with Gasteiger partial charge in [-0.15, -0.1) is 11.3 Å². The van der Waals surface area contributed by atoms with Gasteiger partial charge in [0.1, 0.15) is 0 Å². The standard InChI is InChI=1S/C15H16ClNOS/c1-10(14-6-7-15(16)19-14)17-13-9-18-8-11-4-2-3-5-12(11)13/h2-7,10,13,17H,8-9H2,1H3. The number of nitrogens with one attached hydrogen (secondary N) is 1. The first-order chi connectivity index (χ1) is 9.24. The number of thiophene rings is 1. The maximum absolute atomic E-state index is 5.99. The van der Waals surface area contributed by atoms with Crippen LogP contribution in [-0.2, 0) is 11.3 Å². The van der Waals surface area contributed by atoms with E-state index in [9.17, 15) is 0 Å². The Labute approximate surface area is 122 Å². The molecular weight excluding hydrogens is 278 g/mol. The Morgan fingerprint density at radius 3 is 2.95 bits per heavy atom. The molecule has 2 aromatic rings. The van der Waals surface area contributed by atoms with Crippen LogP contribution in [0.4, 0.5) is 0 Å². The van der Waals surface area contributed by atoms with E-state index in [1.165, 1.54) is 16.0 Å². The Hall–Kier alpha value is -0.870. The Morgan fingerprint density at radius 2 is 2.16 bits per heavy atom. The van der Waals surface area contributed by atoms with Crippen molar-refractivity contribution < 1.29 is 4.74 Å². The number of halogens is 1. The van der Waals surface area contributed by atoms with Crippen LogP contribution in [0.15, 0.2) is 36.4 Å². The highest BCUT2D eigenvalue weighted by Gasteiger charge is 2.22. The molecule has 4 heteroatoms. The van der Waals surface area contributed by atoms with E-state index in [0.29, 0.717) is 6.61 Å². The second-order valence-electron chi connectivity index (χ2n) is 4.80. The summed E-state index contributed by atoms with van der Waals surface area (Å²) in [7, 11) is 0. The third-order valence-electron chi connectivity index (χ3n) is 3.44. The number of fused-ring (bicyclic) bond motifs is 1. The molecule has 2 atom stereocenters. The van der Waals surface area contributed by atoms with Gasteiger partial charge < -0.3 is 10.1 Å². The van der Waals surface area contributed by atoms with Crippen LogP contribution in [0, 0.1) is 0 Å². The van der Waals surface area contributed by atoms with Crippen molar-refractivity contribution in [3.8, 4) is 0 Å². The fraction of sp³-hybridized carbons (Fsp3) is 0.333. The zero-order valence-corrected chi connectivity index (χ0v) is 12.3. The molecule has 0 aliphatic carbocycles. The number of hydrogen-bond acceptors (Lipinski definition) is 3. The van der Waals surface area contributed by atoms with E-state index in [1.807, 2.05) is 6.07 Å². The fourth-order valence-electron chi connectivity index (χ4n) is 2.46. The Kier molecular flexibility index (Phi) is 3.89. The maximum atomic E-state index is 5.99. The first-order valence-corrected chi connectivity index (χ1v) is 7.60. The summed E-state index contributed by atoms with van der Waals surface area (Å²) in [6.07, 6.45) is 0. The first kappa shape index (κ1) is 13.1. The van der Waals surface area contributed by atoms with Crippen LogP contribution in [0.2, 0.25) is 4.34 Å². The summed E-state index contributed by atoms with van der Waals surface area (Å²) in [6, 6.07) is 13.0. The smallest absolute Gasteiger partial charge is 0.0931 e. The van der Waals surface area contributed by atoms with E-state index in [4.69, 9.17) is 16.3 Å². The van der Waals surface area contributed by atoms with E-state index in [2.05, 4.69) is 42.6 Å². The third kappa shape index (κ3) is 2.84. The summed E-state index contributed by atoms with van der Waals surface area (Å²) in [5.41, 5.74) is 2.63. The van der Waals surface area contributed by atoms with E-state index in [-0.39, 0.29) is 12.1 Å². The highest BCUT2D eigenvalue weighted by Crippen LogP contribution is 2.30. The molecule has 0 spiro atoms. The molecule has 2 nitrogen and oxygen atoms in total. The normalized spacial score (nSPS) is 20.0. The summed E-state index contributed by atoms with van der Waals surface area (Å²) in [6.45, 7) is 3.60. The second-order valence-corrected chi connectivity index (χ2v) is 6.54. The van der Waals surface area contributed by atoms with Gasteiger partial charge in [-0.1, -0.05) is 35.9 Å². The summed E-state index contributed by atoms with van der Waals surface area (Å²) in [4.78, 5) is 1.26. The monoisotopic (exact) mass is 293 g/mol. The molecule has 0 saturated carbocycles. The Balaban J connectivity index is 1.77. The van der Waals surface area contributed by atoms with Crippen molar-refractivity contribution in [1.29, 1.82) is 0 Å². The highest BCUT2D eigenvalue weighted by molar-refractivity contribution is 7.16. The van der Waals surface area contributed by atoms with E-state index in [1.54, 1.807) is 11.3 Å². The molecule has 0 bridgehead atoms. The Bertz CT molecular complexity index is 569. The van der Waals surface area contributed by atoms with Crippen molar-refractivity contribution in [2.24, 2.45) is 0 Å². The predicted molar refractivity (Wildman–Crippen MR) is 79.7 cm³/mol. The quantitative estimate of drug-likeness (QED) is 0.910. The van der Waals surface area contributed by atoms with Gasteiger partial charge >= 0.3 is 0 Å². The molecule has 1 aliphatic heterocycles. The lowest BCUT2D eigenvalue weighted by Gasteiger charge is -2.29. The molecule has 0 saturated heterocycles. The van der Waals surface area contributed by atoms with Gasteiger partial charge in [0, 0.05) is 10.9 Å². The first-order valence-electron chi connectivity index (χ1n) is 6.41. The topological polar surface area (TPSA) is 21.3 Å². The SMILES string of the molecule is CC(NC1COCc2ccccc21)c1ccc(Cl)s1. The molecule has 1 N–H and O–H groups in total. The van der Waals surface area contributed by atoms with Gasteiger partial charge in [0.25, 0.3) is 0 Å². The number of benzene rings is 1. The van der Waals surface area contributed by atoms with Crippen LogP contribution >= 0.6 is 22.9 Å². The van der Waals surface area contributed by atoms with Crippen molar-refractivity contribution in [1.82, 2.24) is 5.32 Å². The highest BCUT2D eigenvalue weighted by atomic mass is 35.5. The second kappa shape index (κ2) is 5.63. The molecule has 3 rings (SSSR count). The zero-order valence-electron chi connectivity index (χ0n) is 10.7. The molecule has 100 valence electrons. The van der Waals surface area contributed by atoms with Crippen LogP contribution < -0.4 is 5.32 Å². The Morgan fingerprint density at radius 1 is 1.32 bits per heavy atom. The van der Waals surface area contributed by atoms with Gasteiger partial charge in [0.05, 0.1) is 23.6 Å². The molecule has 0 amide bonds. The van der Waals surface area contributed by atoms with Gasteiger partial charge in [-0.3, -0.25) is 0 Å². The van der Waals surface area contributed by atoms with Crippen LogP contribution in [-0.4, -0.2) is 6.61 Å². The van der Waals surface area contributed by atoms with Crippen molar-refractivity contribution >= 4 is 22.9 Å². The van der Waals surface area contributed by atoms with Crippen molar-refractivity contribution in [2.75, 3.05) is 6.61 Å². The van der Waals surface area contributed by atoms with Crippen molar-refractivity contribution in [3.63, 3.8) is 0 Å². The van der Waals surface area contributed by atoms with E-state index in [0.717, 1.165) is 10.9 Å². The average molecular weight is 294 g/mol. The lowest BCUT2D eigenvalue weighted by molar-refractivity contribution is 0.0792. The molecule has 1 aromatic heterocycles. The number of hydrogen-bond donors (Lipinski definition) is 1. The molecule has 2 heterocycles. The summed E-state index contributed by atoms with van der Waals surface area (Å²) >= 11 is 7.62. The molecular formula is C15H16ClNOS. The van der Waals surface area contributed by atoms with Crippen LogP contribution in [0.3, 0.4) is 0 Å². The minimum absolute atomic E-state index is 0.251. The van der Waals surface area contributed by atoms with Gasteiger partial charge in [0.2, 0.25) is 0 Å². The van der Waals surface area contributed by atoms with Gasteiger partial charge in [-0.05, 0) is 30.2 Å². The lowest BCUT2D eigenvalue weighted by Crippen LogP contribution is -2.31. The van der Waals surface area contributed by atoms with Crippen LogP contribution in [0.1, 0.15) is 35.0 Å². The molecule has 0 radical (unpaired) electrons. The largest absolute Gasteiger partial charge is 0.375 e. The molecule has 1 aromatic carbocycles. The van der Waals surface area contributed by atoms with Gasteiger partial charge in [0.15, 0.2) is 0 Å². The average Bonchev–Trinajstić information content (AvgIpc) is 2.86. The number of ether oxygens (including phenoxy) is 1. The summed E-state index contributed by atoms with van der Waals surface area (Å²) in [5.74, 6) is 0. The lowest BCUT2D eigenvalue weighted by atomic mass is 9.98. The molecule has 0 fully saturated rings. The van der Waals surface area contributed by atoms with Gasteiger partial charge in [-0.2, -0.15) is 0 Å². The number of rotatable bonds is 3. The fourth-order valence-corrected chi connectivity index (χ4v) is 3.54. The third-order valence-corrected chi connectivity index (χ3v) is 4.86. The maximum Gasteiger partial charge on any atom is 0.0931 e. The summed E-state index contributed by atoms with van der Waals surface area (Å²) in [5, 5.41) is 3.63. The van der Waals surface area contributed by atoms with Crippen LogP contribution in [0.5, 0.6) is 0 Å². The van der Waals surface area contributed by atoms with E-state index < -0.39 is 0 Å². The van der Waals surface area contributed by atoms with Crippen molar-refractivity contribution in [3.05, 3.63) is 56.7 Å². The predicted octanol–water partition coefficient (Wildman–Crippen LogP) is 4.32. The molecule has 19 heavy (non-hydrogen) atoms. The zero-order chi connectivity index (χ0) is 13.2. The minimum Gasteiger partial charge on any atom is -0.375 e. The molecule has 2 unspecified atom stereocenters. The molecule has 1 aliphatic rings. The van der Waals surface area contributed by atoms with Crippen molar-refractivity contribution in [2.45, 2.75) is 25.6 Å². The van der Waals surface area contributed by atoms with E-state index >= 15 is 0 Å². The minimum atomic E-state index is 0.251. The van der Waals surface area contributed by atoms with Crippen LogP contribution in [0.25, 0.3) is 0 Å². The summed E-state index contributed by atoms with van der Waals surface area (Å²) < 4.78 is 6.50. The van der Waals surface area contributed by atoms with Gasteiger partial charge in [-0.25, -0.2) is 0 Å².